The highest BCUT2D eigenvalue weighted by Gasteiger charge is 2.33. The van der Waals surface area contributed by atoms with Crippen LogP contribution in [0.25, 0.3) is 0 Å². The molecule has 2 heterocycles. The van der Waals surface area contributed by atoms with Gasteiger partial charge in [0.05, 0.1) is 6.04 Å². The molecular weight excluding hydrogens is 291 g/mol. The fraction of sp³-hybridized carbons (Fsp3) is 0.421. The number of hydrogen-bond acceptors (Lipinski definition) is 1. The lowest BCUT2D eigenvalue weighted by Gasteiger charge is -2.38. The first-order valence-corrected chi connectivity index (χ1v) is 8.05. The molecule has 1 aliphatic rings. The number of fused-ring (bicyclic) bond motifs is 1. The van der Waals surface area contributed by atoms with E-state index in [0.717, 1.165) is 17.8 Å². The predicted molar refractivity (Wildman–Crippen MR) is 88.5 cm³/mol. The highest BCUT2D eigenvalue weighted by molar-refractivity contribution is 5.78. The number of carbonyl (C=O) groups excluding carboxylic acids is 1. The lowest BCUT2D eigenvalue weighted by atomic mass is 9.90. The van der Waals surface area contributed by atoms with Crippen molar-refractivity contribution in [3.05, 3.63) is 59.7 Å². The summed E-state index contributed by atoms with van der Waals surface area (Å²) in [4.78, 5) is 14.7. The minimum Gasteiger partial charge on any atom is -0.348 e. The Morgan fingerprint density at radius 2 is 2.00 bits per heavy atom. The normalized spacial score (nSPS) is 17.9. The summed E-state index contributed by atoms with van der Waals surface area (Å²) in [5.74, 6) is -0.145. The van der Waals surface area contributed by atoms with Crippen LogP contribution in [-0.2, 0) is 11.3 Å². The monoisotopic (exact) mass is 314 g/mol. The number of rotatable bonds is 2. The first-order chi connectivity index (χ1) is 10.8. The lowest BCUT2D eigenvalue weighted by Crippen LogP contribution is -2.43. The fourth-order valence-electron chi connectivity index (χ4n) is 3.23. The number of aromatic nitrogens is 1. The molecule has 0 saturated heterocycles. The molecule has 2 aromatic rings. The molecule has 4 heteroatoms. The van der Waals surface area contributed by atoms with E-state index in [9.17, 15) is 9.18 Å². The van der Waals surface area contributed by atoms with Crippen LogP contribution in [0.15, 0.2) is 42.6 Å². The molecule has 1 aliphatic heterocycles. The Morgan fingerprint density at radius 1 is 1.22 bits per heavy atom. The van der Waals surface area contributed by atoms with Crippen LogP contribution in [0.2, 0.25) is 0 Å². The largest absolute Gasteiger partial charge is 0.348 e. The fourth-order valence-corrected chi connectivity index (χ4v) is 3.23. The average molecular weight is 314 g/mol. The highest BCUT2D eigenvalue weighted by atomic mass is 19.1. The first kappa shape index (κ1) is 15.8. The van der Waals surface area contributed by atoms with E-state index in [1.165, 1.54) is 12.1 Å². The summed E-state index contributed by atoms with van der Waals surface area (Å²) < 4.78 is 15.9. The van der Waals surface area contributed by atoms with Crippen molar-refractivity contribution in [2.24, 2.45) is 5.41 Å². The third-order valence-corrected chi connectivity index (χ3v) is 4.20. The molecule has 0 fully saturated rings. The van der Waals surface area contributed by atoms with E-state index >= 15 is 0 Å². The van der Waals surface area contributed by atoms with Gasteiger partial charge in [0.25, 0.3) is 0 Å². The van der Waals surface area contributed by atoms with Crippen molar-refractivity contribution < 1.29 is 9.18 Å². The Bertz CT molecular complexity index is 714. The smallest absolute Gasteiger partial charge is 0.223 e. The van der Waals surface area contributed by atoms with Gasteiger partial charge in [-0.15, -0.1) is 0 Å². The van der Waals surface area contributed by atoms with Gasteiger partial charge < -0.3 is 9.47 Å². The molecule has 0 spiro atoms. The second-order valence-corrected chi connectivity index (χ2v) is 7.41. The number of benzene rings is 1. The summed E-state index contributed by atoms with van der Waals surface area (Å²) in [5, 5.41) is 0. The van der Waals surface area contributed by atoms with Crippen LogP contribution in [0.5, 0.6) is 0 Å². The maximum Gasteiger partial charge on any atom is 0.223 e. The van der Waals surface area contributed by atoms with Crippen LogP contribution in [0.4, 0.5) is 4.39 Å². The Hall–Kier alpha value is -2.10. The minimum absolute atomic E-state index is 0.0665. The van der Waals surface area contributed by atoms with E-state index in [2.05, 4.69) is 25.3 Å². The van der Waals surface area contributed by atoms with Gasteiger partial charge in [-0.2, -0.15) is 0 Å². The standard InChI is InChI=1S/C19H23FN2O/c1-19(2,3)13-17(23)22-11-10-21-9-5-8-16(21)18(22)14-6-4-7-15(20)12-14/h4-9,12,18H,10-11,13H2,1-3H3. The molecular formula is C19H23FN2O. The van der Waals surface area contributed by atoms with E-state index in [4.69, 9.17) is 0 Å². The molecule has 0 saturated carbocycles. The molecule has 1 amide bonds. The molecule has 0 N–H and O–H groups in total. The first-order valence-electron chi connectivity index (χ1n) is 8.05. The van der Waals surface area contributed by atoms with E-state index in [0.29, 0.717) is 13.0 Å². The van der Waals surface area contributed by atoms with Gasteiger partial charge in [0, 0.05) is 31.4 Å². The van der Waals surface area contributed by atoms with Crippen molar-refractivity contribution in [1.29, 1.82) is 0 Å². The third-order valence-electron chi connectivity index (χ3n) is 4.20. The van der Waals surface area contributed by atoms with Crippen molar-refractivity contribution in [2.75, 3.05) is 6.54 Å². The van der Waals surface area contributed by atoms with Crippen LogP contribution in [0.1, 0.15) is 44.5 Å². The molecule has 1 unspecified atom stereocenters. The van der Waals surface area contributed by atoms with Gasteiger partial charge in [-0.3, -0.25) is 4.79 Å². The molecule has 0 bridgehead atoms. The number of carbonyl (C=O) groups is 1. The van der Waals surface area contributed by atoms with Gasteiger partial charge in [0.15, 0.2) is 0 Å². The molecule has 1 atom stereocenters. The maximum absolute atomic E-state index is 13.7. The van der Waals surface area contributed by atoms with Gasteiger partial charge in [-0.1, -0.05) is 32.9 Å². The zero-order valence-electron chi connectivity index (χ0n) is 13.9. The number of hydrogen-bond donors (Lipinski definition) is 0. The Balaban J connectivity index is 2.00. The van der Waals surface area contributed by atoms with E-state index in [1.54, 1.807) is 6.07 Å². The van der Waals surface area contributed by atoms with Crippen molar-refractivity contribution in [1.82, 2.24) is 9.47 Å². The summed E-state index contributed by atoms with van der Waals surface area (Å²) in [6.45, 7) is 7.63. The molecule has 1 aromatic heterocycles. The number of nitrogens with zero attached hydrogens (tertiary/aromatic N) is 2. The molecule has 0 radical (unpaired) electrons. The van der Waals surface area contributed by atoms with Crippen LogP contribution in [-0.4, -0.2) is 21.9 Å². The van der Waals surface area contributed by atoms with Crippen molar-refractivity contribution in [3.8, 4) is 0 Å². The quantitative estimate of drug-likeness (QED) is 0.822. The number of amides is 1. The van der Waals surface area contributed by atoms with Crippen LogP contribution < -0.4 is 0 Å². The van der Waals surface area contributed by atoms with Crippen molar-refractivity contribution in [2.45, 2.75) is 39.8 Å². The van der Waals surface area contributed by atoms with Gasteiger partial charge in [-0.25, -0.2) is 4.39 Å². The maximum atomic E-state index is 13.7. The zero-order chi connectivity index (χ0) is 16.6. The molecule has 23 heavy (non-hydrogen) atoms. The predicted octanol–water partition coefficient (Wildman–Crippen LogP) is 4.00. The molecule has 1 aromatic carbocycles. The van der Waals surface area contributed by atoms with E-state index < -0.39 is 0 Å². The Morgan fingerprint density at radius 3 is 2.70 bits per heavy atom. The van der Waals surface area contributed by atoms with Crippen LogP contribution in [0.3, 0.4) is 0 Å². The van der Waals surface area contributed by atoms with Gasteiger partial charge >= 0.3 is 0 Å². The molecule has 122 valence electrons. The summed E-state index contributed by atoms with van der Waals surface area (Å²) in [5.41, 5.74) is 1.80. The Labute approximate surface area is 136 Å². The Kier molecular flexibility index (Phi) is 4.00. The van der Waals surface area contributed by atoms with Crippen molar-refractivity contribution in [3.63, 3.8) is 0 Å². The van der Waals surface area contributed by atoms with Crippen LogP contribution in [0, 0.1) is 11.2 Å². The summed E-state index contributed by atoms with van der Waals surface area (Å²) in [6, 6.07) is 10.4. The topological polar surface area (TPSA) is 25.2 Å². The third kappa shape index (κ3) is 3.31. The summed E-state index contributed by atoms with van der Waals surface area (Å²) in [6.07, 6.45) is 2.51. The summed E-state index contributed by atoms with van der Waals surface area (Å²) >= 11 is 0. The lowest BCUT2D eigenvalue weighted by molar-refractivity contribution is -0.135. The second-order valence-electron chi connectivity index (χ2n) is 7.41. The van der Waals surface area contributed by atoms with Crippen LogP contribution >= 0.6 is 0 Å². The minimum atomic E-state index is -0.269. The molecule has 3 nitrogen and oxygen atoms in total. The van der Waals surface area contributed by atoms with Gasteiger partial charge in [-0.05, 0) is 35.2 Å². The zero-order valence-corrected chi connectivity index (χ0v) is 13.9. The van der Waals surface area contributed by atoms with Gasteiger partial charge in [0.1, 0.15) is 5.82 Å². The SMILES string of the molecule is CC(C)(C)CC(=O)N1CCn2cccc2C1c1cccc(F)c1. The number of halogens is 1. The van der Waals surface area contributed by atoms with Crippen molar-refractivity contribution >= 4 is 5.91 Å². The highest BCUT2D eigenvalue weighted by Crippen LogP contribution is 2.34. The molecule has 3 rings (SSSR count). The molecule has 0 aliphatic carbocycles. The van der Waals surface area contributed by atoms with E-state index in [-0.39, 0.29) is 23.2 Å². The van der Waals surface area contributed by atoms with E-state index in [1.807, 2.05) is 29.3 Å². The average Bonchev–Trinajstić information content (AvgIpc) is 2.92. The summed E-state index contributed by atoms with van der Waals surface area (Å²) in [7, 11) is 0. The van der Waals surface area contributed by atoms with Gasteiger partial charge in [0.2, 0.25) is 5.91 Å². The second kappa shape index (κ2) is 5.84.